The predicted octanol–water partition coefficient (Wildman–Crippen LogP) is 2.88. The van der Waals surface area contributed by atoms with E-state index in [1.54, 1.807) is 48.5 Å². The molecule has 0 heterocycles. The maximum atomic E-state index is 12.4. The van der Waals surface area contributed by atoms with Gasteiger partial charge in [-0.05, 0) is 17.5 Å². The first-order chi connectivity index (χ1) is 13.9. The van der Waals surface area contributed by atoms with Gasteiger partial charge in [-0.3, -0.25) is 9.36 Å². The van der Waals surface area contributed by atoms with Gasteiger partial charge in [0.15, 0.2) is 0 Å². The van der Waals surface area contributed by atoms with Gasteiger partial charge in [0, 0.05) is 6.16 Å². The molecule has 0 aromatic heterocycles. The highest BCUT2D eigenvalue weighted by atomic mass is 31.2. The van der Waals surface area contributed by atoms with Gasteiger partial charge >= 0.3 is 12.1 Å². The second-order valence-electron chi connectivity index (χ2n) is 6.23. The van der Waals surface area contributed by atoms with Gasteiger partial charge in [0.2, 0.25) is 6.03 Å². The number of benzene rings is 2. The lowest BCUT2D eigenvalue weighted by Gasteiger charge is -2.18. The quantitative estimate of drug-likeness (QED) is 0.345. The molecule has 1 amide bonds. The highest BCUT2D eigenvalue weighted by Crippen LogP contribution is 2.37. The van der Waals surface area contributed by atoms with Crippen LogP contribution < -0.4 is 5.32 Å². The van der Waals surface area contributed by atoms with Gasteiger partial charge in [0.25, 0.3) is 7.37 Å². The van der Waals surface area contributed by atoms with Crippen molar-refractivity contribution in [1.82, 2.24) is 5.32 Å². The van der Waals surface area contributed by atoms with E-state index in [1.807, 2.05) is 12.1 Å². The summed E-state index contributed by atoms with van der Waals surface area (Å²) in [5, 5.41) is 2.34. The van der Waals surface area contributed by atoms with Crippen LogP contribution in [0.2, 0.25) is 0 Å². The molecule has 0 bridgehead atoms. The van der Waals surface area contributed by atoms with Gasteiger partial charge in [0.05, 0.1) is 0 Å². The Morgan fingerprint density at radius 3 is 2.00 bits per heavy atom. The monoisotopic (exact) mass is 419 g/mol. The molecule has 0 aliphatic rings. The third-order valence-corrected chi connectivity index (χ3v) is 5.14. The lowest BCUT2D eigenvalue weighted by molar-refractivity contribution is -0.147. The summed E-state index contributed by atoms with van der Waals surface area (Å²) in [5.41, 5.74) is 1.50. The Hall–Kier alpha value is -2.96. The molecule has 0 spiro atoms. The van der Waals surface area contributed by atoms with Crippen LogP contribution in [0.1, 0.15) is 17.5 Å². The molecule has 2 atom stereocenters. The van der Waals surface area contributed by atoms with Crippen LogP contribution in [0.4, 0.5) is 4.79 Å². The Kier molecular flexibility index (Phi) is 8.58. The second kappa shape index (κ2) is 11.1. The third kappa shape index (κ3) is 8.29. The van der Waals surface area contributed by atoms with E-state index in [4.69, 9.17) is 9.47 Å². The van der Waals surface area contributed by atoms with Gasteiger partial charge in [-0.15, -0.1) is 0 Å². The average Bonchev–Trinajstić information content (AvgIpc) is 2.75. The summed E-state index contributed by atoms with van der Waals surface area (Å²) in [6.07, 6.45) is -1.60. The number of amides is 1. The summed E-state index contributed by atoms with van der Waals surface area (Å²) < 4.78 is 21.8. The van der Waals surface area contributed by atoms with Crippen LogP contribution in [0.15, 0.2) is 60.7 Å². The van der Waals surface area contributed by atoms with Crippen LogP contribution in [-0.2, 0) is 36.8 Å². The molecule has 29 heavy (non-hydrogen) atoms. The molecule has 2 aromatic carbocycles. The van der Waals surface area contributed by atoms with Crippen molar-refractivity contribution in [3.8, 4) is 0 Å². The lowest BCUT2D eigenvalue weighted by Crippen LogP contribution is -2.42. The average molecular weight is 419 g/mol. The normalized spacial score (nSPS) is 13.6. The predicted molar refractivity (Wildman–Crippen MR) is 106 cm³/mol. The van der Waals surface area contributed by atoms with Crippen LogP contribution in [-0.4, -0.2) is 35.2 Å². The number of carbonyl (C=O) groups excluding carboxylic acids is 3. The number of esters is 1. The van der Waals surface area contributed by atoms with Crippen molar-refractivity contribution in [2.75, 3.05) is 6.16 Å². The minimum absolute atomic E-state index is 0.00864. The zero-order valence-electron chi connectivity index (χ0n) is 15.6. The van der Waals surface area contributed by atoms with E-state index < -0.39 is 31.6 Å². The molecule has 9 heteroatoms. The standard InChI is InChI=1S/C20H22NO7P/c22-15-29(25,26)12-11-18(19(23)27-13-16-7-3-1-4-8-16)21-20(24)28-14-17-9-5-2-6-10-17/h1-10,15,18H,11-14H2,(H,21,24)(H,25,26)/t18-/m1/s1. The van der Waals surface area contributed by atoms with E-state index >= 15 is 0 Å². The molecule has 0 radical (unpaired) electrons. The highest BCUT2D eigenvalue weighted by molar-refractivity contribution is 7.72. The number of hydrogen-bond donors (Lipinski definition) is 2. The topological polar surface area (TPSA) is 119 Å². The molecule has 1 unspecified atom stereocenters. The highest BCUT2D eigenvalue weighted by Gasteiger charge is 2.27. The van der Waals surface area contributed by atoms with E-state index in [0.717, 1.165) is 11.1 Å². The molecule has 2 N–H and O–H groups in total. The van der Waals surface area contributed by atoms with Crippen molar-refractivity contribution >= 4 is 25.5 Å². The maximum absolute atomic E-state index is 12.4. The van der Waals surface area contributed by atoms with Gasteiger partial charge in [-0.25, -0.2) is 9.59 Å². The van der Waals surface area contributed by atoms with E-state index in [1.165, 1.54) is 0 Å². The summed E-state index contributed by atoms with van der Waals surface area (Å²) in [6.45, 7) is -0.0350. The van der Waals surface area contributed by atoms with Crippen LogP contribution in [0.3, 0.4) is 0 Å². The number of rotatable bonds is 10. The summed E-state index contributed by atoms with van der Waals surface area (Å²) >= 11 is 0. The number of alkyl carbamates (subject to hydrolysis) is 1. The Labute approximate surface area is 168 Å². The van der Waals surface area contributed by atoms with Gasteiger partial charge in [-0.2, -0.15) is 0 Å². The van der Waals surface area contributed by atoms with E-state index in [-0.39, 0.29) is 25.7 Å². The molecule has 0 fully saturated rings. The first kappa shape index (κ1) is 22.3. The smallest absolute Gasteiger partial charge is 0.408 e. The van der Waals surface area contributed by atoms with Crippen molar-refractivity contribution in [1.29, 1.82) is 0 Å². The minimum Gasteiger partial charge on any atom is -0.459 e. The SMILES string of the molecule is O=CP(=O)(O)CC[C@@H](NC(=O)OCc1ccccc1)C(=O)OCc1ccccc1. The summed E-state index contributed by atoms with van der Waals surface area (Å²) in [6, 6.07) is 16.6. The Morgan fingerprint density at radius 2 is 1.48 bits per heavy atom. The Morgan fingerprint density at radius 1 is 0.966 bits per heavy atom. The summed E-state index contributed by atoms with van der Waals surface area (Å²) in [4.78, 5) is 44.5. The van der Waals surface area contributed by atoms with E-state index in [0.29, 0.717) is 0 Å². The van der Waals surface area contributed by atoms with E-state index in [9.17, 15) is 23.8 Å². The number of carbonyl (C=O) groups is 3. The van der Waals surface area contributed by atoms with Gasteiger partial charge in [0.1, 0.15) is 19.3 Å². The number of hydrogen-bond acceptors (Lipinski definition) is 6. The molecule has 8 nitrogen and oxygen atoms in total. The van der Waals surface area contributed by atoms with Crippen LogP contribution >= 0.6 is 7.37 Å². The zero-order valence-corrected chi connectivity index (χ0v) is 16.5. The molecule has 0 saturated carbocycles. The lowest BCUT2D eigenvalue weighted by atomic mass is 10.2. The first-order valence-electron chi connectivity index (χ1n) is 8.85. The second-order valence-corrected chi connectivity index (χ2v) is 8.39. The Bertz CT molecular complexity index is 858. The van der Waals surface area contributed by atoms with Crippen molar-refractivity contribution in [3.05, 3.63) is 71.8 Å². The molecule has 0 saturated heterocycles. The van der Waals surface area contributed by atoms with Gasteiger partial charge < -0.3 is 19.7 Å². The fourth-order valence-corrected chi connectivity index (χ4v) is 3.09. The number of nitrogens with one attached hydrogen (secondary N) is 1. The summed E-state index contributed by atoms with van der Waals surface area (Å²) in [5.74, 6) is -0.795. The molecule has 2 aromatic rings. The van der Waals surface area contributed by atoms with Gasteiger partial charge in [-0.1, -0.05) is 60.7 Å². The molecular formula is C20H22NO7P. The first-order valence-corrected chi connectivity index (χ1v) is 10.8. The third-order valence-electron chi connectivity index (χ3n) is 3.92. The van der Waals surface area contributed by atoms with E-state index in [2.05, 4.69) is 5.32 Å². The zero-order chi connectivity index (χ0) is 21.1. The van der Waals surface area contributed by atoms with Crippen molar-refractivity contribution < 1.29 is 33.3 Å². The van der Waals surface area contributed by atoms with Crippen LogP contribution in [0.5, 0.6) is 0 Å². The fraction of sp³-hybridized carbons (Fsp3) is 0.250. The molecule has 0 aliphatic carbocycles. The van der Waals surface area contributed by atoms with Crippen molar-refractivity contribution in [3.63, 3.8) is 0 Å². The molecular weight excluding hydrogens is 397 g/mol. The van der Waals surface area contributed by atoms with Crippen LogP contribution in [0.25, 0.3) is 0 Å². The number of ether oxygens (including phenoxy) is 2. The maximum Gasteiger partial charge on any atom is 0.408 e. The van der Waals surface area contributed by atoms with Crippen LogP contribution in [0, 0.1) is 0 Å². The Balaban J connectivity index is 1.95. The fourth-order valence-electron chi connectivity index (χ4n) is 2.35. The minimum atomic E-state index is -4.03. The molecule has 0 aliphatic heterocycles. The molecule has 154 valence electrons. The van der Waals surface area contributed by atoms with Crippen molar-refractivity contribution in [2.24, 2.45) is 0 Å². The largest absolute Gasteiger partial charge is 0.459 e. The summed E-state index contributed by atoms with van der Waals surface area (Å²) in [7, 11) is -4.03. The molecule has 2 rings (SSSR count). The van der Waals surface area contributed by atoms with Crippen molar-refractivity contribution in [2.45, 2.75) is 25.7 Å².